The fraction of sp³-hybridized carbons (Fsp3) is 0. The monoisotopic (exact) mass is 458 g/mol. The van der Waals surface area contributed by atoms with Crippen molar-refractivity contribution in [3.05, 3.63) is 75.0 Å². The van der Waals surface area contributed by atoms with E-state index in [1.165, 1.54) is 0 Å². The summed E-state index contributed by atoms with van der Waals surface area (Å²) in [4.78, 5) is 9.52. The van der Waals surface area contributed by atoms with E-state index in [0.717, 1.165) is 42.2 Å². The van der Waals surface area contributed by atoms with Gasteiger partial charge in [0.15, 0.2) is 0 Å². The van der Waals surface area contributed by atoms with Gasteiger partial charge in [-0.1, -0.05) is 62.2 Å². The molecule has 0 aliphatic carbocycles. The molecule has 24 heavy (non-hydrogen) atoms. The second-order valence-corrected chi connectivity index (χ2v) is 8.08. The molecule has 4 aromatic rings. The molecule has 0 saturated carbocycles. The average molecular weight is 460 g/mol. The van der Waals surface area contributed by atoms with Gasteiger partial charge in [0.1, 0.15) is 5.82 Å². The molecule has 0 unspecified atom stereocenters. The highest BCUT2D eigenvalue weighted by Crippen LogP contribution is 2.35. The van der Waals surface area contributed by atoms with E-state index in [9.17, 15) is 0 Å². The van der Waals surface area contributed by atoms with E-state index in [2.05, 4.69) is 72.6 Å². The lowest BCUT2D eigenvalue weighted by Gasteiger charge is -2.04. The molecule has 0 aliphatic rings. The molecule has 0 bridgehead atoms. The first-order chi connectivity index (χ1) is 11.7. The van der Waals surface area contributed by atoms with Crippen LogP contribution in [0.5, 0.6) is 0 Å². The molecule has 0 saturated heterocycles. The Morgan fingerprint density at radius 3 is 2.00 bits per heavy atom. The third kappa shape index (κ3) is 3.11. The van der Waals surface area contributed by atoms with Gasteiger partial charge in [-0.05, 0) is 35.7 Å². The van der Waals surface area contributed by atoms with Crippen molar-refractivity contribution in [3.8, 4) is 33.2 Å². The fourth-order valence-electron chi connectivity index (χ4n) is 2.55. The Hall–Kier alpha value is -1.69. The molecule has 1 N–H and O–H groups in total. The molecule has 0 fully saturated rings. The molecule has 5 heteroatoms. The summed E-state index contributed by atoms with van der Waals surface area (Å²) in [5.41, 5.74) is 4.21. The summed E-state index contributed by atoms with van der Waals surface area (Å²) >= 11 is 8.68. The Kier molecular flexibility index (Phi) is 4.39. The van der Waals surface area contributed by atoms with Crippen molar-refractivity contribution in [1.29, 1.82) is 0 Å². The summed E-state index contributed by atoms with van der Waals surface area (Å²) in [6.45, 7) is 0. The number of aromatic amines is 1. The predicted molar refractivity (Wildman–Crippen MR) is 108 cm³/mol. The van der Waals surface area contributed by atoms with Gasteiger partial charge in [0.05, 0.1) is 16.3 Å². The van der Waals surface area contributed by atoms with E-state index in [0.29, 0.717) is 0 Å². The number of H-pyrrole nitrogens is 1. The van der Waals surface area contributed by atoms with Crippen molar-refractivity contribution < 1.29 is 0 Å². The van der Waals surface area contributed by atoms with Gasteiger partial charge in [0.2, 0.25) is 0 Å². The maximum absolute atomic E-state index is 4.88. The number of hydrogen-bond acceptors (Lipinski definition) is 2. The molecular weight excluding hydrogens is 448 g/mol. The minimum Gasteiger partial charge on any atom is -0.337 e. The number of hydrogen-bond donors (Lipinski definition) is 1. The Morgan fingerprint density at radius 2 is 1.42 bits per heavy atom. The van der Waals surface area contributed by atoms with Crippen LogP contribution in [0.4, 0.5) is 0 Å². The molecule has 0 spiro atoms. The molecule has 118 valence electrons. The van der Waals surface area contributed by atoms with Crippen LogP contribution in [0.15, 0.2) is 75.0 Å². The van der Waals surface area contributed by atoms with E-state index in [1.807, 2.05) is 30.3 Å². The zero-order valence-electron chi connectivity index (χ0n) is 12.5. The highest BCUT2D eigenvalue weighted by atomic mass is 79.9. The number of imidazole rings is 1. The summed E-state index contributed by atoms with van der Waals surface area (Å²) in [5, 5.41) is 2.07. The zero-order valence-corrected chi connectivity index (χ0v) is 16.5. The van der Waals surface area contributed by atoms with Gasteiger partial charge in [-0.25, -0.2) is 4.98 Å². The topological polar surface area (TPSA) is 28.7 Å². The lowest BCUT2D eigenvalue weighted by Crippen LogP contribution is -1.83. The molecular formula is C19H12Br2N2S. The van der Waals surface area contributed by atoms with Crippen LogP contribution in [0.25, 0.3) is 33.2 Å². The first-order valence-electron chi connectivity index (χ1n) is 7.36. The summed E-state index contributed by atoms with van der Waals surface area (Å²) in [7, 11) is 0. The largest absolute Gasteiger partial charge is 0.337 e. The van der Waals surface area contributed by atoms with Crippen LogP contribution < -0.4 is 0 Å². The van der Waals surface area contributed by atoms with Crippen molar-refractivity contribution in [3.63, 3.8) is 0 Å². The van der Waals surface area contributed by atoms with Crippen LogP contribution in [0.2, 0.25) is 0 Å². The Labute approximate surface area is 160 Å². The van der Waals surface area contributed by atoms with Crippen LogP contribution in [0.1, 0.15) is 0 Å². The maximum atomic E-state index is 4.88. The lowest BCUT2D eigenvalue weighted by molar-refractivity contribution is 1.33. The third-order valence-electron chi connectivity index (χ3n) is 3.71. The SMILES string of the molecule is Brc1ccc(-c2nc(-c3cccs3)[nH]c2-c2ccc(Br)cc2)cc1. The Balaban J connectivity index is 1.89. The van der Waals surface area contributed by atoms with E-state index < -0.39 is 0 Å². The van der Waals surface area contributed by atoms with Crippen molar-refractivity contribution >= 4 is 43.2 Å². The smallest absolute Gasteiger partial charge is 0.148 e. The number of benzene rings is 2. The van der Waals surface area contributed by atoms with Crippen molar-refractivity contribution in [1.82, 2.24) is 9.97 Å². The van der Waals surface area contributed by atoms with E-state index in [4.69, 9.17) is 4.98 Å². The maximum Gasteiger partial charge on any atom is 0.148 e. The second kappa shape index (κ2) is 6.67. The Bertz CT molecular complexity index is 893. The van der Waals surface area contributed by atoms with E-state index in [1.54, 1.807) is 11.3 Å². The van der Waals surface area contributed by atoms with Crippen molar-refractivity contribution in [2.24, 2.45) is 0 Å². The normalized spacial score (nSPS) is 10.9. The number of aromatic nitrogens is 2. The van der Waals surface area contributed by atoms with Crippen LogP contribution in [0.3, 0.4) is 0 Å². The molecule has 2 aromatic heterocycles. The third-order valence-corrected chi connectivity index (χ3v) is 5.64. The molecule has 2 heterocycles. The molecule has 0 amide bonds. The van der Waals surface area contributed by atoms with Gasteiger partial charge in [-0.2, -0.15) is 0 Å². The molecule has 0 radical (unpaired) electrons. The second-order valence-electron chi connectivity index (χ2n) is 5.30. The first kappa shape index (κ1) is 15.8. The van der Waals surface area contributed by atoms with Gasteiger partial charge in [-0.15, -0.1) is 11.3 Å². The summed E-state index contributed by atoms with van der Waals surface area (Å²) in [5.74, 6) is 0.904. The van der Waals surface area contributed by atoms with Crippen LogP contribution in [-0.4, -0.2) is 9.97 Å². The van der Waals surface area contributed by atoms with Gasteiger partial charge in [-0.3, -0.25) is 0 Å². The number of rotatable bonds is 3. The highest BCUT2D eigenvalue weighted by molar-refractivity contribution is 9.10. The quantitative estimate of drug-likeness (QED) is 0.351. The van der Waals surface area contributed by atoms with Crippen LogP contribution >= 0.6 is 43.2 Å². The van der Waals surface area contributed by atoms with Gasteiger partial charge in [0.25, 0.3) is 0 Å². The molecule has 0 atom stereocenters. The number of halogens is 2. The first-order valence-corrected chi connectivity index (χ1v) is 9.83. The molecule has 4 rings (SSSR count). The van der Waals surface area contributed by atoms with Crippen molar-refractivity contribution in [2.75, 3.05) is 0 Å². The average Bonchev–Trinajstić information content (AvgIpc) is 3.26. The predicted octanol–water partition coefficient (Wildman–Crippen LogP) is 7.00. The molecule has 0 aliphatic heterocycles. The fourth-order valence-corrected chi connectivity index (χ4v) is 3.74. The molecule has 2 aromatic carbocycles. The van der Waals surface area contributed by atoms with Crippen LogP contribution in [-0.2, 0) is 0 Å². The summed E-state index contributed by atoms with van der Waals surface area (Å²) in [6, 6.07) is 20.7. The minimum atomic E-state index is 0.904. The van der Waals surface area contributed by atoms with Gasteiger partial charge >= 0.3 is 0 Å². The molecule has 2 nitrogen and oxygen atoms in total. The summed E-state index contributed by atoms with van der Waals surface area (Å²) < 4.78 is 2.12. The van der Waals surface area contributed by atoms with Gasteiger partial charge < -0.3 is 4.98 Å². The number of nitrogens with zero attached hydrogens (tertiary/aromatic N) is 1. The Morgan fingerprint density at radius 1 is 0.792 bits per heavy atom. The lowest BCUT2D eigenvalue weighted by atomic mass is 10.1. The zero-order chi connectivity index (χ0) is 16.5. The van der Waals surface area contributed by atoms with Crippen molar-refractivity contribution in [2.45, 2.75) is 0 Å². The van der Waals surface area contributed by atoms with E-state index in [-0.39, 0.29) is 0 Å². The summed E-state index contributed by atoms with van der Waals surface area (Å²) in [6.07, 6.45) is 0. The van der Waals surface area contributed by atoms with E-state index >= 15 is 0 Å². The van der Waals surface area contributed by atoms with Gasteiger partial charge in [0, 0.05) is 20.1 Å². The highest BCUT2D eigenvalue weighted by Gasteiger charge is 2.15. The van der Waals surface area contributed by atoms with Crippen LogP contribution in [0, 0.1) is 0 Å². The standard InChI is InChI=1S/C19H12Br2N2S/c20-14-7-3-12(4-8-14)17-18(13-5-9-15(21)10-6-13)23-19(22-17)16-2-1-11-24-16/h1-11H,(H,22,23). The number of thiophene rings is 1. The number of nitrogens with one attached hydrogen (secondary N) is 1. The minimum absolute atomic E-state index is 0.904.